The monoisotopic (exact) mass is 265 g/mol. The van der Waals surface area contributed by atoms with Crippen LogP contribution in [0, 0.1) is 5.92 Å². The quantitative estimate of drug-likeness (QED) is 0.629. The number of hydrogen-bond donors (Lipinski definition) is 2. The maximum absolute atomic E-state index is 11.9. The summed E-state index contributed by atoms with van der Waals surface area (Å²) in [6.45, 7) is 3.91. The SMILES string of the molecule is CNC1CCN(S(=O)(=O)NCCOC)CC1C. The van der Waals surface area contributed by atoms with Gasteiger partial charge in [-0.15, -0.1) is 0 Å². The third kappa shape index (κ3) is 4.18. The summed E-state index contributed by atoms with van der Waals surface area (Å²) in [5.41, 5.74) is 0. The largest absolute Gasteiger partial charge is 0.383 e. The first-order valence-corrected chi connectivity index (χ1v) is 7.36. The highest BCUT2D eigenvalue weighted by Crippen LogP contribution is 2.18. The fourth-order valence-electron chi connectivity index (χ4n) is 2.12. The third-order valence-electron chi connectivity index (χ3n) is 3.17. The number of ether oxygens (including phenoxy) is 1. The standard InChI is InChI=1S/C10H23N3O3S/c1-9-8-13(6-4-10(9)11-2)17(14,15)12-5-7-16-3/h9-12H,4-8H2,1-3H3. The van der Waals surface area contributed by atoms with Gasteiger partial charge in [-0.1, -0.05) is 6.92 Å². The lowest BCUT2D eigenvalue weighted by Gasteiger charge is -2.35. The number of hydrogen-bond acceptors (Lipinski definition) is 4. The molecule has 1 saturated heterocycles. The highest BCUT2D eigenvalue weighted by Gasteiger charge is 2.31. The molecule has 17 heavy (non-hydrogen) atoms. The summed E-state index contributed by atoms with van der Waals surface area (Å²) in [6, 6.07) is 0.403. The molecule has 1 rings (SSSR count). The molecular formula is C10H23N3O3S. The Labute approximate surface area is 104 Å². The van der Waals surface area contributed by atoms with Crippen LogP contribution in [0.25, 0.3) is 0 Å². The molecule has 0 aromatic carbocycles. The van der Waals surface area contributed by atoms with E-state index < -0.39 is 10.2 Å². The highest BCUT2D eigenvalue weighted by atomic mass is 32.2. The minimum atomic E-state index is -3.34. The lowest BCUT2D eigenvalue weighted by atomic mass is 9.96. The average molecular weight is 265 g/mol. The molecule has 1 heterocycles. The van der Waals surface area contributed by atoms with E-state index in [9.17, 15) is 8.42 Å². The van der Waals surface area contributed by atoms with Gasteiger partial charge >= 0.3 is 0 Å². The summed E-state index contributed by atoms with van der Waals surface area (Å²) in [7, 11) is 0.125. The van der Waals surface area contributed by atoms with Crippen LogP contribution in [0.4, 0.5) is 0 Å². The first kappa shape index (κ1) is 14.8. The van der Waals surface area contributed by atoms with Crippen LogP contribution < -0.4 is 10.0 Å². The Balaban J connectivity index is 2.50. The van der Waals surface area contributed by atoms with Crippen molar-refractivity contribution in [2.24, 2.45) is 5.92 Å². The Morgan fingerprint density at radius 1 is 1.47 bits per heavy atom. The molecule has 0 aromatic heterocycles. The second kappa shape index (κ2) is 6.65. The Morgan fingerprint density at radius 2 is 2.18 bits per heavy atom. The summed E-state index contributed by atoms with van der Waals surface area (Å²) in [6.07, 6.45) is 0.850. The zero-order valence-corrected chi connectivity index (χ0v) is 11.6. The van der Waals surface area contributed by atoms with E-state index in [1.165, 1.54) is 4.31 Å². The summed E-state index contributed by atoms with van der Waals surface area (Å²) in [5.74, 6) is 0.327. The van der Waals surface area contributed by atoms with Gasteiger partial charge in [-0.3, -0.25) is 0 Å². The molecule has 7 heteroatoms. The summed E-state index contributed by atoms with van der Waals surface area (Å²) < 4.78 is 32.8. The molecule has 0 aliphatic carbocycles. The van der Waals surface area contributed by atoms with Crippen molar-refractivity contribution in [1.29, 1.82) is 0 Å². The predicted octanol–water partition coefficient (Wildman–Crippen LogP) is -0.603. The maximum atomic E-state index is 11.9. The number of nitrogens with one attached hydrogen (secondary N) is 2. The van der Waals surface area contributed by atoms with E-state index in [1.807, 2.05) is 7.05 Å². The van der Waals surface area contributed by atoms with Crippen LogP contribution >= 0.6 is 0 Å². The fourth-order valence-corrected chi connectivity index (χ4v) is 3.42. The first-order valence-electron chi connectivity index (χ1n) is 5.92. The minimum absolute atomic E-state index is 0.319. The van der Waals surface area contributed by atoms with Gasteiger partial charge in [0.05, 0.1) is 6.61 Å². The molecule has 2 N–H and O–H groups in total. The van der Waals surface area contributed by atoms with Crippen molar-refractivity contribution < 1.29 is 13.2 Å². The van der Waals surface area contributed by atoms with Gasteiger partial charge < -0.3 is 10.1 Å². The molecule has 2 atom stereocenters. The first-order chi connectivity index (χ1) is 8.01. The smallest absolute Gasteiger partial charge is 0.279 e. The van der Waals surface area contributed by atoms with Crippen molar-refractivity contribution in [3.8, 4) is 0 Å². The molecule has 6 nitrogen and oxygen atoms in total. The fraction of sp³-hybridized carbons (Fsp3) is 1.00. The molecular weight excluding hydrogens is 242 g/mol. The summed E-state index contributed by atoms with van der Waals surface area (Å²) >= 11 is 0. The molecule has 1 aliphatic rings. The number of methoxy groups -OCH3 is 1. The van der Waals surface area contributed by atoms with E-state index in [-0.39, 0.29) is 0 Å². The summed E-state index contributed by atoms with van der Waals surface area (Å²) in [4.78, 5) is 0. The topological polar surface area (TPSA) is 70.7 Å². The third-order valence-corrected chi connectivity index (χ3v) is 4.75. The maximum Gasteiger partial charge on any atom is 0.279 e. The molecule has 0 bridgehead atoms. The Hall–Kier alpha value is -0.210. The molecule has 0 spiro atoms. The van der Waals surface area contributed by atoms with E-state index >= 15 is 0 Å². The normalized spacial score (nSPS) is 27.2. The van der Waals surface area contributed by atoms with E-state index in [0.717, 1.165) is 6.42 Å². The van der Waals surface area contributed by atoms with Crippen LogP contribution in [0.3, 0.4) is 0 Å². The zero-order chi connectivity index (χ0) is 12.9. The molecule has 0 amide bonds. The lowest BCUT2D eigenvalue weighted by molar-refractivity contribution is 0.200. The van der Waals surface area contributed by atoms with Crippen molar-refractivity contribution >= 4 is 10.2 Å². The van der Waals surface area contributed by atoms with Crippen LogP contribution in [0.1, 0.15) is 13.3 Å². The Morgan fingerprint density at radius 3 is 2.71 bits per heavy atom. The average Bonchev–Trinajstić information content (AvgIpc) is 2.29. The highest BCUT2D eigenvalue weighted by molar-refractivity contribution is 7.87. The van der Waals surface area contributed by atoms with Crippen LogP contribution in [0.15, 0.2) is 0 Å². The van der Waals surface area contributed by atoms with Crippen LogP contribution in [-0.4, -0.2) is 59.2 Å². The number of rotatable bonds is 6. The molecule has 0 aromatic rings. The van der Waals surface area contributed by atoms with Gasteiger partial charge in [0.25, 0.3) is 10.2 Å². The second-order valence-corrected chi connectivity index (χ2v) is 6.17. The lowest BCUT2D eigenvalue weighted by Crippen LogP contribution is -2.52. The van der Waals surface area contributed by atoms with Gasteiger partial charge in [0.2, 0.25) is 0 Å². The predicted molar refractivity (Wildman–Crippen MR) is 67.0 cm³/mol. The minimum Gasteiger partial charge on any atom is -0.383 e. The van der Waals surface area contributed by atoms with Crippen molar-refractivity contribution in [3.63, 3.8) is 0 Å². The van der Waals surface area contributed by atoms with Crippen LogP contribution in [0.5, 0.6) is 0 Å². The van der Waals surface area contributed by atoms with Crippen molar-refractivity contribution in [3.05, 3.63) is 0 Å². The Kier molecular flexibility index (Phi) is 5.81. The van der Waals surface area contributed by atoms with E-state index in [2.05, 4.69) is 17.0 Å². The van der Waals surface area contributed by atoms with Crippen molar-refractivity contribution in [2.75, 3.05) is 40.4 Å². The van der Waals surface area contributed by atoms with E-state index in [4.69, 9.17) is 4.74 Å². The van der Waals surface area contributed by atoms with Gasteiger partial charge in [0.15, 0.2) is 0 Å². The second-order valence-electron chi connectivity index (χ2n) is 4.41. The zero-order valence-electron chi connectivity index (χ0n) is 10.8. The van der Waals surface area contributed by atoms with Crippen molar-refractivity contribution in [2.45, 2.75) is 19.4 Å². The molecule has 2 unspecified atom stereocenters. The van der Waals surface area contributed by atoms with Crippen molar-refractivity contribution in [1.82, 2.24) is 14.3 Å². The number of piperidine rings is 1. The van der Waals surface area contributed by atoms with Gasteiger partial charge in [-0.2, -0.15) is 17.4 Å². The molecule has 0 saturated carbocycles. The van der Waals surface area contributed by atoms with E-state index in [1.54, 1.807) is 7.11 Å². The van der Waals surface area contributed by atoms with E-state index in [0.29, 0.717) is 38.2 Å². The molecule has 1 aliphatic heterocycles. The molecule has 102 valence electrons. The molecule has 0 radical (unpaired) electrons. The Bertz CT molecular complexity index is 321. The summed E-state index contributed by atoms with van der Waals surface area (Å²) in [5, 5.41) is 3.22. The van der Waals surface area contributed by atoms with Crippen LogP contribution in [-0.2, 0) is 14.9 Å². The van der Waals surface area contributed by atoms with Crippen LogP contribution in [0.2, 0.25) is 0 Å². The molecule has 1 fully saturated rings. The van der Waals surface area contributed by atoms with Gasteiger partial charge in [-0.25, -0.2) is 0 Å². The number of nitrogens with zero attached hydrogens (tertiary/aromatic N) is 1. The van der Waals surface area contributed by atoms with Gasteiger partial charge in [-0.05, 0) is 19.4 Å². The van der Waals surface area contributed by atoms with Gasteiger partial charge in [0.1, 0.15) is 0 Å². The van der Waals surface area contributed by atoms with Gasteiger partial charge in [0, 0.05) is 32.8 Å².